The van der Waals surface area contributed by atoms with Crippen LogP contribution in [0.5, 0.6) is 0 Å². The van der Waals surface area contributed by atoms with Crippen molar-refractivity contribution in [3.63, 3.8) is 0 Å². The minimum Gasteiger partial charge on any atom is -0.350 e. The fraction of sp³-hybridized carbons (Fsp3) is 0. The third-order valence-corrected chi connectivity index (χ3v) is 6.68. The van der Waals surface area contributed by atoms with Gasteiger partial charge >= 0.3 is 0 Å². The molecular weight excluding hydrogens is 498 g/mol. The van der Waals surface area contributed by atoms with Gasteiger partial charge in [0.05, 0.1) is 15.7 Å². The van der Waals surface area contributed by atoms with Gasteiger partial charge in [0.15, 0.2) is 0 Å². The van der Waals surface area contributed by atoms with Crippen molar-refractivity contribution in [3.05, 3.63) is 97.4 Å². The van der Waals surface area contributed by atoms with Crippen LogP contribution in [-0.2, 0) is 9.59 Å². The molecule has 0 aromatic heterocycles. The number of thioether (sulfide) groups is 1. The number of carbonyl (C=O) groups is 2. The van der Waals surface area contributed by atoms with E-state index in [2.05, 4.69) is 5.32 Å². The van der Waals surface area contributed by atoms with Crippen molar-refractivity contribution in [1.82, 2.24) is 0 Å². The molecule has 0 aliphatic carbocycles. The van der Waals surface area contributed by atoms with Crippen LogP contribution in [-0.4, -0.2) is 11.8 Å². The SMILES string of the molecule is O=C1C(Nc2ccc(Cl)cc2)=C(Sc2ccc(Cl)cc2)C(=O)N1c1ccc(Cl)c(Cl)c1. The average molecular weight is 510 g/mol. The maximum absolute atomic E-state index is 13.3. The van der Waals surface area contributed by atoms with E-state index < -0.39 is 11.8 Å². The third kappa shape index (κ3) is 4.71. The van der Waals surface area contributed by atoms with Crippen LogP contribution in [0.2, 0.25) is 20.1 Å². The van der Waals surface area contributed by atoms with Gasteiger partial charge in [-0.2, -0.15) is 0 Å². The zero-order chi connectivity index (χ0) is 22.1. The molecule has 1 N–H and O–H groups in total. The Bertz CT molecular complexity index is 1140. The summed E-state index contributed by atoms with van der Waals surface area (Å²) >= 11 is 25.2. The van der Waals surface area contributed by atoms with Gasteiger partial charge in [-0.1, -0.05) is 58.2 Å². The quantitative estimate of drug-likeness (QED) is 0.367. The molecule has 0 atom stereocenters. The van der Waals surface area contributed by atoms with Crippen molar-refractivity contribution in [1.29, 1.82) is 0 Å². The summed E-state index contributed by atoms with van der Waals surface area (Å²) in [5.74, 6) is -0.977. The molecule has 1 aliphatic rings. The van der Waals surface area contributed by atoms with Crippen LogP contribution in [0.3, 0.4) is 0 Å². The molecule has 1 aliphatic heterocycles. The fourth-order valence-corrected chi connectivity index (χ4v) is 4.34. The highest BCUT2D eigenvalue weighted by Crippen LogP contribution is 2.39. The number of amides is 2. The topological polar surface area (TPSA) is 49.4 Å². The zero-order valence-corrected chi connectivity index (χ0v) is 19.4. The Labute approximate surface area is 202 Å². The fourth-order valence-electron chi connectivity index (χ4n) is 2.87. The molecule has 0 spiro atoms. The lowest BCUT2D eigenvalue weighted by atomic mass is 10.3. The minimum absolute atomic E-state index is 0.151. The standard InChI is InChI=1S/C22H12Cl4N2O2S/c23-12-1-5-14(6-2-12)27-19-20(31-16-8-3-13(24)4-9-16)22(30)28(21(19)29)15-7-10-17(25)18(26)11-15/h1-11,27H. The smallest absolute Gasteiger partial charge is 0.283 e. The summed E-state index contributed by atoms with van der Waals surface area (Å²) in [5.41, 5.74) is 1.09. The number of carbonyl (C=O) groups excluding carboxylic acids is 2. The summed E-state index contributed by atoms with van der Waals surface area (Å²) in [4.78, 5) is 28.7. The first kappa shape index (κ1) is 22.1. The van der Waals surface area contributed by atoms with Gasteiger partial charge in [-0.25, -0.2) is 4.90 Å². The predicted octanol–water partition coefficient (Wildman–Crippen LogP) is 7.29. The zero-order valence-electron chi connectivity index (χ0n) is 15.5. The molecule has 4 nitrogen and oxygen atoms in total. The van der Waals surface area contributed by atoms with E-state index in [9.17, 15) is 9.59 Å². The van der Waals surface area contributed by atoms with E-state index in [1.807, 2.05) is 0 Å². The van der Waals surface area contributed by atoms with E-state index in [0.717, 1.165) is 9.80 Å². The molecule has 0 saturated heterocycles. The lowest BCUT2D eigenvalue weighted by Crippen LogP contribution is -2.32. The molecule has 3 aromatic carbocycles. The second-order valence-electron chi connectivity index (χ2n) is 6.44. The number of hydrogen-bond donors (Lipinski definition) is 1. The highest BCUT2D eigenvalue weighted by atomic mass is 35.5. The highest BCUT2D eigenvalue weighted by Gasteiger charge is 2.40. The van der Waals surface area contributed by atoms with E-state index >= 15 is 0 Å². The van der Waals surface area contributed by atoms with E-state index in [4.69, 9.17) is 46.4 Å². The number of anilines is 2. The van der Waals surface area contributed by atoms with Crippen molar-refractivity contribution in [2.24, 2.45) is 0 Å². The Balaban J connectivity index is 1.74. The van der Waals surface area contributed by atoms with Crippen LogP contribution in [0.1, 0.15) is 0 Å². The largest absolute Gasteiger partial charge is 0.350 e. The van der Waals surface area contributed by atoms with Crippen LogP contribution >= 0.6 is 58.2 Å². The molecule has 0 unspecified atom stereocenters. The van der Waals surface area contributed by atoms with Gasteiger partial charge in [0.1, 0.15) is 10.6 Å². The number of nitrogens with one attached hydrogen (secondary N) is 1. The first-order chi connectivity index (χ1) is 14.8. The number of nitrogens with zero attached hydrogens (tertiary/aromatic N) is 1. The Kier molecular flexibility index (Phi) is 6.51. The van der Waals surface area contributed by atoms with Gasteiger partial charge in [0.25, 0.3) is 11.8 Å². The van der Waals surface area contributed by atoms with Crippen molar-refractivity contribution in [2.75, 3.05) is 10.2 Å². The van der Waals surface area contributed by atoms with Crippen molar-refractivity contribution in [3.8, 4) is 0 Å². The van der Waals surface area contributed by atoms with Gasteiger partial charge in [-0.15, -0.1) is 0 Å². The molecule has 156 valence electrons. The van der Waals surface area contributed by atoms with E-state index in [1.54, 1.807) is 54.6 Å². The number of benzene rings is 3. The predicted molar refractivity (Wildman–Crippen MR) is 128 cm³/mol. The Morgan fingerprint density at radius 1 is 0.710 bits per heavy atom. The Morgan fingerprint density at radius 2 is 1.32 bits per heavy atom. The third-order valence-electron chi connectivity index (χ3n) is 4.35. The van der Waals surface area contributed by atoms with Gasteiger partial charge in [0.2, 0.25) is 0 Å². The van der Waals surface area contributed by atoms with Crippen LogP contribution in [0.15, 0.2) is 82.2 Å². The lowest BCUT2D eigenvalue weighted by Gasteiger charge is -2.16. The second kappa shape index (κ2) is 9.15. The molecule has 0 bridgehead atoms. The average Bonchev–Trinajstić information content (AvgIpc) is 2.97. The van der Waals surface area contributed by atoms with Gasteiger partial charge in [-0.05, 0) is 66.7 Å². The van der Waals surface area contributed by atoms with Crippen molar-refractivity contribution < 1.29 is 9.59 Å². The summed E-state index contributed by atoms with van der Waals surface area (Å²) in [5, 5.41) is 4.76. The van der Waals surface area contributed by atoms with Crippen molar-refractivity contribution in [2.45, 2.75) is 4.90 Å². The molecule has 9 heteroatoms. The summed E-state index contributed by atoms with van der Waals surface area (Å²) in [6, 6.07) is 18.4. The molecule has 0 fully saturated rings. The molecule has 1 heterocycles. The molecule has 31 heavy (non-hydrogen) atoms. The van der Waals surface area contributed by atoms with Crippen molar-refractivity contribution >= 4 is 81.4 Å². The van der Waals surface area contributed by atoms with Gasteiger partial charge < -0.3 is 5.32 Å². The summed E-state index contributed by atoms with van der Waals surface area (Å²) < 4.78 is 0. The maximum Gasteiger partial charge on any atom is 0.283 e. The van der Waals surface area contributed by atoms with Crippen LogP contribution < -0.4 is 10.2 Å². The molecular formula is C22H12Cl4N2O2S. The summed E-state index contributed by atoms with van der Waals surface area (Å²) in [6.07, 6.45) is 0. The van der Waals surface area contributed by atoms with E-state index in [-0.39, 0.29) is 15.6 Å². The first-order valence-electron chi connectivity index (χ1n) is 8.87. The van der Waals surface area contributed by atoms with E-state index in [0.29, 0.717) is 26.4 Å². The van der Waals surface area contributed by atoms with E-state index in [1.165, 1.54) is 23.9 Å². The molecule has 2 amide bonds. The maximum atomic E-state index is 13.3. The second-order valence-corrected chi connectivity index (χ2v) is 9.21. The van der Waals surface area contributed by atoms with Crippen LogP contribution in [0.4, 0.5) is 11.4 Å². The van der Waals surface area contributed by atoms with Gasteiger partial charge in [0, 0.05) is 20.6 Å². The minimum atomic E-state index is -0.505. The summed E-state index contributed by atoms with van der Waals surface area (Å²) in [7, 11) is 0. The number of imide groups is 1. The van der Waals surface area contributed by atoms with Crippen LogP contribution in [0, 0.1) is 0 Å². The normalized spacial score (nSPS) is 13.9. The number of rotatable bonds is 5. The summed E-state index contributed by atoms with van der Waals surface area (Å²) in [6.45, 7) is 0. The van der Waals surface area contributed by atoms with Crippen LogP contribution in [0.25, 0.3) is 0 Å². The highest BCUT2D eigenvalue weighted by molar-refractivity contribution is 8.04. The number of halogens is 4. The Hall–Kier alpha value is -2.15. The number of hydrogen-bond acceptors (Lipinski definition) is 4. The molecule has 4 rings (SSSR count). The first-order valence-corrected chi connectivity index (χ1v) is 11.2. The molecule has 0 saturated carbocycles. The molecule has 3 aromatic rings. The monoisotopic (exact) mass is 508 g/mol. The van der Waals surface area contributed by atoms with Gasteiger partial charge in [-0.3, -0.25) is 9.59 Å². The lowest BCUT2D eigenvalue weighted by molar-refractivity contribution is -0.120. The molecule has 0 radical (unpaired) electrons. The Morgan fingerprint density at radius 3 is 1.94 bits per heavy atom.